The Hall–Kier alpha value is -1.74. The third-order valence-electron chi connectivity index (χ3n) is 2.34. The van der Waals surface area contributed by atoms with E-state index < -0.39 is 0 Å². The van der Waals surface area contributed by atoms with E-state index in [2.05, 4.69) is 0 Å². The van der Waals surface area contributed by atoms with Crippen LogP contribution in [0.15, 0.2) is 47.1 Å². The Labute approximate surface area is 94.8 Å². The number of benzene rings is 1. The van der Waals surface area contributed by atoms with Crippen LogP contribution in [0, 0.1) is 0 Å². The van der Waals surface area contributed by atoms with Crippen LogP contribution in [0.4, 0.5) is 0 Å². The monoisotopic (exact) mass is 217 g/mol. The van der Waals surface area contributed by atoms with Crippen LogP contribution in [0.1, 0.15) is 11.3 Å². The first kappa shape index (κ1) is 10.8. The van der Waals surface area contributed by atoms with Gasteiger partial charge in [-0.05, 0) is 36.7 Å². The quantitative estimate of drug-likeness (QED) is 0.836. The minimum atomic E-state index is 0.453. The molecule has 0 aliphatic rings. The van der Waals surface area contributed by atoms with Crippen LogP contribution in [0.25, 0.3) is 0 Å². The summed E-state index contributed by atoms with van der Waals surface area (Å²) >= 11 is 0. The summed E-state index contributed by atoms with van der Waals surface area (Å²) in [5.74, 6) is 1.70. The second kappa shape index (κ2) is 5.37. The average molecular weight is 217 g/mol. The molecule has 0 amide bonds. The van der Waals surface area contributed by atoms with E-state index in [0.29, 0.717) is 13.2 Å². The lowest BCUT2D eigenvalue weighted by molar-refractivity contribution is 0.268. The van der Waals surface area contributed by atoms with Crippen LogP contribution in [0.3, 0.4) is 0 Å². The van der Waals surface area contributed by atoms with E-state index in [1.54, 1.807) is 6.26 Å². The zero-order chi connectivity index (χ0) is 11.2. The van der Waals surface area contributed by atoms with Gasteiger partial charge in [-0.1, -0.05) is 18.2 Å². The van der Waals surface area contributed by atoms with Crippen molar-refractivity contribution in [2.75, 3.05) is 6.54 Å². The SMILES string of the molecule is NCCc1ccccc1OCc1ccco1. The van der Waals surface area contributed by atoms with E-state index in [1.165, 1.54) is 0 Å². The first-order valence-electron chi connectivity index (χ1n) is 5.33. The molecular formula is C13H15NO2. The maximum absolute atomic E-state index is 5.68. The van der Waals surface area contributed by atoms with E-state index >= 15 is 0 Å². The summed E-state index contributed by atoms with van der Waals surface area (Å²) in [5.41, 5.74) is 6.68. The number of hydrogen-bond donors (Lipinski definition) is 1. The molecule has 0 fully saturated rings. The molecule has 0 bridgehead atoms. The number of ether oxygens (including phenoxy) is 1. The van der Waals surface area contributed by atoms with Crippen molar-refractivity contribution in [2.24, 2.45) is 5.73 Å². The van der Waals surface area contributed by atoms with Crippen LogP contribution in [0.2, 0.25) is 0 Å². The first-order valence-corrected chi connectivity index (χ1v) is 5.33. The molecule has 1 aromatic heterocycles. The molecule has 84 valence electrons. The fourth-order valence-corrected chi connectivity index (χ4v) is 1.55. The van der Waals surface area contributed by atoms with E-state index in [4.69, 9.17) is 14.9 Å². The minimum absolute atomic E-state index is 0.453. The van der Waals surface area contributed by atoms with Crippen molar-refractivity contribution in [1.29, 1.82) is 0 Å². The van der Waals surface area contributed by atoms with Gasteiger partial charge in [-0.3, -0.25) is 0 Å². The van der Waals surface area contributed by atoms with Gasteiger partial charge in [-0.15, -0.1) is 0 Å². The highest BCUT2D eigenvalue weighted by Crippen LogP contribution is 2.19. The van der Waals surface area contributed by atoms with Gasteiger partial charge >= 0.3 is 0 Å². The maximum Gasteiger partial charge on any atom is 0.146 e. The molecule has 0 saturated carbocycles. The van der Waals surface area contributed by atoms with E-state index in [1.807, 2.05) is 36.4 Å². The molecule has 3 heteroatoms. The lowest BCUT2D eigenvalue weighted by atomic mass is 10.1. The lowest BCUT2D eigenvalue weighted by Gasteiger charge is -2.09. The molecular weight excluding hydrogens is 202 g/mol. The smallest absolute Gasteiger partial charge is 0.146 e. The molecule has 0 spiro atoms. The summed E-state index contributed by atoms with van der Waals surface area (Å²) in [6.45, 7) is 1.08. The summed E-state index contributed by atoms with van der Waals surface area (Å²) in [7, 11) is 0. The van der Waals surface area contributed by atoms with Gasteiger partial charge in [0.25, 0.3) is 0 Å². The first-order chi connectivity index (χ1) is 7.90. The number of rotatable bonds is 5. The van der Waals surface area contributed by atoms with Gasteiger partial charge in [0.2, 0.25) is 0 Å². The van der Waals surface area contributed by atoms with Gasteiger partial charge in [-0.2, -0.15) is 0 Å². The predicted molar refractivity (Wildman–Crippen MR) is 62.2 cm³/mol. The zero-order valence-electron chi connectivity index (χ0n) is 9.06. The molecule has 0 radical (unpaired) electrons. The number of hydrogen-bond acceptors (Lipinski definition) is 3. The molecule has 16 heavy (non-hydrogen) atoms. The maximum atomic E-state index is 5.68. The summed E-state index contributed by atoms with van der Waals surface area (Å²) in [6, 6.07) is 11.7. The minimum Gasteiger partial charge on any atom is -0.485 e. The Morgan fingerprint density at radius 3 is 2.75 bits per heavy atom. The standard InChI is InChI=1S/C13H15NO2/c14-8-7-11-4-1-2-6-13(11)16-10-12-5-3-9-15-12/h1-6,9H,7-8,10,14H2. The fourth-order valence-electron chi connectivity index (χ4n) is 1.55. The Morgan fingerprint density at radius 1 is 1.12 bits per heavy atom. The van der Waals surface area contributed by atoms with Gasteiger partial charge in [0, 0.05) is 0 Å². The molecule has 2 rings (SSSR count). The normalized spacial score (nSPS) is 10.3. The Kier molecular flexibility index (Phi) is 3.62. The van der Waals surface area contributed by atoms with Crippen molar-refractivity contribution < 1.29 is 9.15 Å². The van der Waals surface area contributed by atoms with Crippen molar-refractivity contribution >= 4 is 0 Å². The molecule has 1 heterocycles. The molecule has 2 aromatic rings. The molecule has 2 N–H and O–H groups in total. The third kappa shape index (κ3) is 2.64. The Morgan fingerprint density at radius 2 is 2.00 bits per heavy atom. The summed E-state index contributed by atoms with van der Waals surface area (Å²) < 4.78 is 10.9. The highest BCUT2D eigenvalue weighted by Gasteiger charge is 2.03. The van der Waals surface area contributed by atoms with Crippen molar-refractivity contribution in [3.8, 4) is 5.75 Å². The third-order valence-corrected chi connectivity index (χ3v) is 2.34. The van der Waals surface area contributed by atoms with Gasteiger partial charge < -0.3 is 14.9 Å². The second-order valence-electron chi connectivity index (χ2n) is 3.51. The topological polar surface area (TPSA) is 48.4 Å². The van der Waals surface area contributed by atoms with Crippen molar-refractivity contribution in [1.82, 2.24) is 0 Å². The largest absolute Gasteiger partial charge is 0.485 e. The highest BCUT2D eigenvalue weighted by molar-refractivity contribution is 5.33. The fraction of sp³-hybridized carbons (Fsp3) is 0.231. The number of nitrogens with two attached hydrogens (primary N) is 1. The molecule has 0 saturated heterocycles. The summed E-state index contributed by atoms with van der Waals surface area (Å²) in [4.78, 5) is 0. The molecule has 1 aromatic carbocycles. The zero-order valence-corrected chi connectivity index (χ0v) is 9.06. The van der Waals surface area contributed by atoms with Crippen molar-refractivity contribution in [3.05, 3.63) is 54.0 Å². The predicted octanol–water partition coefficient (Wildman–Crippen LogP) is 2.36. The van der Waals surface area contributed by atoms with Crippen LogP contribution in [-0.2, 0) is 13.0 Å². The van der Waals surface area contributed by atoms with Crippen molar-refractivity contribution in [3.63, 3.8) is 0 Å². The molecule has 0 unspecified atom stereocenters. The highest BCUT2D eigenvalue weighted by atomic mass is 16.5. The van der Waals surface area contributed by atoms with Gasteiger partial charge in [0.1, 0.15) is 18.1 Å². The van der Waals surface area contributed by atoms with Crippen molar-refractivity contribution in [2.45, 2.75) is 13.0 Å². The van der Waals surface area contributed by atoms with Gasteiger partial charge in [0.15, 0.2) is 0 Å². The van der Waals surface area contributed by atoms with E-state index in [9.17, 15) is 0 Å². The van der Waals surface area contributed by atoms with E-state index in [-0.39, 0.29) is 0 Å². The van der Waals surface area contributed by atoms with E-state index in [0.717, 1.165) is 23.5 Å². The summed E-state index contributed by atoms with van der Waals surface area (Å²) in [6.07, 6.45) is 2.47. The Bertz CT molecular complexity index is 423. The van der Waals surface area contributed by atoms with Crippen LogP contribution >= 0.6 is 0 Å². The van der Waals surface area contributed by atoms with Gasteiger partial charge in [0.05, 0.1) is 6.26 Å². The molecule has 0 atom stereocenters. The lowest BCUT2D eigenvalue weighted by Crippen LogP contribution is -2.05. The molecule has 3 nitrogen and oxygen atoms in total. The summed E-state index contributed by atoms with van der Waals surface area (Å²) in [5, 5.41) is 0. The van der Waals surface area contributed by atoms with Crippen LogP contribution in [-0.4, -0.2) is 6.54 Å². The molecule has 0 aliphatic heterocycles. The Balaban J connectivity index is 2.03. The number of furan rings is 1. The number of para-hydroxylation sites is 1. The average Bonchev–Trinajstić information content (AvgIpc) is 2.81. The van der Waals surface area contributed by atoms with Crippen LogP contribution < -0.4 is 10.5 Å². The van der Waals surface area contributed by atoms with Gasteiger partial charge in [-0.25, -0.2) is 0 Å². The van der Waals surface area contributed by atoms with Crippen LogP contribution in [0.5, 0.6) is 5.75 Å². The second-order valence-corrected chi connectivity index (χ2v) is 3.51. The molecule has 0 aliphatic carbocycles.